The third kappa shape index (κ3) is 3.52. The van der Waals surface area contributed by atoms with Crippen molar-refractivity contribution in [1.29, 1.82) is 0 Å². The SMILES string of the molecule is O=C(OCC(Cl)(Cl)Cl)c1cc2c([nH]1)CNCC2. The number of fused-ring (bicyclic) bond motifs is 1. The predicted octanol–water partition coefficient (Wildman–Crippen LogP) is 2.19. The second kappa shape index (κ2) is 5.06. The molecule has 0 aliphatic carbocycles. The largest absolute Gasteiger partial charge is 0.456 e. The molecule has 2 N–H and O–H groups in total. The maximum Gasteiger partial charge on any atom is 0.354 e. The summed E-state index contributed by atoms with van der Waals surface area (Å²) in [4.78, 5) is 14.7. The van der Waals surface area contributed by atoms with Crippen LogP contribution in [0.2, 0.25) is 0 Å². The van der Waals surface area contributed by atoms with Gasteiger partial charge in [-0.2, -0.15) is 0 Å². The van der Waals surface area contributed by atoms with Crippen LogP contribution in [0.5, 0.6) is 0 Å². The van der Waals surface area contributed by atoms with E-state index < -0.39 is 9.76 Å². The number of hydrogen-bond donors (Lipinski definition) is 2. The number of ether oxygens (including phenoxy) is 1. The molecule has 0 atom stereocenters. The van der Waals surface area contributed by atoms with Crippen molar-refractivity contribution in [1.82, 2.24) is 10.3 Å². The molecule has 0 aromatic carbocycles. The quantitative estimate of drug-likeness (QED) is 0.650. The van der Waals surface area contributed by atoms with Crippen molar-refractivity contribution in [2.45, 2.75) is 16.8 Å². The number of H-pyrrole nitrogens is 1. The first-order chi connectivity index (χ1) is 7.96. The third-order valence-corrected chi connectivity index (χ3v) is 2.78. The monoisotopic (exact) mass is 296 g/mol. The molecule has 1 aliphatic heterocycles. The van der Waals surface area contributed by atoms with Crippen LogP contribution in [-0.4, -0.2) is 27.9 Å². The molecule has 0 spiro atoms. The highest BCUT2D eigenvalue weighted by Crippen LogP contribution is 2.26. The third-order valence-electron chi connectivity index (χ3n) is 2.45. The van der Waals surface area contributed by atoms with Gasteiger partial charge in [0.05, 0.1) is 0 Å². The first-order valence-corrected chi connectivity index (χ1v) is 6.24. The first kappa shape index (κ1) is 13.0. The van der Waals surface area contributed by atoms with Crippen LogP contribution in [0.25, 0.3) is 0 Å². The molecule has 0 unspecified atom stereocenters. The summed E-state index contributed by atoms with van der Waals surface area (Å²) >= 11 is 16.5. The summed E-state index contributed by atoms with van der Waals surface area (Å²) in [7, 11) is 0. The fourth-order valence-corrected chi connectivity index (χ4v) is 1.86. The molecule has 2 heterocycles. The lowest BCUT2D eigenvalue weighted by Gasteiger charge is -2.11. The Morgan fingerprint density at radius 1 is 1.47 bits per heavy atom. The summed E-state index contributed by atoms with van der Waals surface area (Å²) in [5.74, 6) is -0.509. The minimum atomic E-state index is -1.58. The Morgan fingerprint density at radius 3 is 2.88 bits per heavy atom. The van der Waals surface area contributed by atoms with Gasteiger partial charge in [0.2, 0.25) is 3.79 Å². The molecule has 0 fully saturated rings. The van der Waals surface area contributed by atoms with E-state index in [1.807, 2.05) is 0 Å². The van der Waals surface area contributed by atoms with E-state index in [2.05, 4.69) is 10.3 Å². The van der Waals surface area contributed by atoms with Crippen LogP contribution in [-0.2, 0) is 17.7 Å². The number of alkyl halides is 3. The summed E-state index contributed by atoms with van der Waals surface area (Å²) < 4.78 is 3.30. The summed E-state index contributed by atoms with van der Waals surface area (Å²) in [6.45, 7) is 1.37. The van der Waals surface area contributed by atoms with Crippen molar-refractivity contribution in [2.75, 3.05) is 13.2 Å². The number of esters is 1. The minimum absolute atomic E-state index is 0.265. The number of rotatable bonds is 2. The van der Waals surface area contributed by atoms with Gasteiger partial charge in [0.1, 0.15) is 12.3 Å². The second-order valence-corrected chi connectivity index (χ2v) is 6.32. The zero-order valence-electron chi connectivity index (χ0n) is 8.86. The van der Waals surface area contributed by atoms with Crippen molar-refractivity contribution >= 4 is 40.8 Å². The van der Waals surface area contributed by atoms with Gasteiger partial charge < -0.3 is 15.0 Å². The molecule has 1 aromatic rings. The molecule has 0 saturated carbocycles. The number of hydrogen-bond acceptors (Lipinski definition) is 3. The molecule has 0 saturated heterocycles. The topological polar surface area (TPSA) is 54.1 Å². The van der Waals surface area contributed by atoms with E-state index >= 15 is 0 Å². The maximum absolute atomic E-state index is 11.7. The van der Waals surface area contributed by atoms with Gasteiger partial charge >= 0.3 is 5.97 Å². The van der Waals surface area contributed by atoms with Gasteiger partial charge in [-0.15, -0.1) is 0 Å². The first-order valence-electron chi connectivity index (χ1n) is 5.11. The smallest absolute Gasteiger partial charge is 0.354 e. The Bertz CT molecular complexity index is 402. The number of nitrogens with one attached hydrogen (secondary N) is 2. The molecular weight excluding hydrogens is 286 g/mol. The fourth-order valence-electron chi connectivity index (χ4n) is 1.69. The van der Waals surface area contributed by atoms with E-state index in [-0.39, 0.29) is 6.61 Å². The molecule has 94 valence electrons. The number of halogens is 3. The highest BCUT2D eigenvalue weighted by Gasteiger charge is 2.24. The van der Waals surface area contributed by atoms with E-state index in [4.69, 9.17) is 39.5 Å². The molecule has 2 rings (SSSR count). The van der Waals surface area contributed by atoms with Gasteiger partial charge in [-0.1, -0.05) is 34.8 Å². The van der Waals surface area contributed by atoms with E-state index in [0.717, 1.165) is 30.8 Å². The molecule has 1 aromatic heterocycles. The molecular formula is C10H11Cl3N2O2. The van der Waals surface area contributed by atoms with E-state index in [1.54, 1.807) is 6.07 Å². The Morgan fingerprint density at radius 2 is 2.24 bits per heavy atom. The van der Waals surface area contributed by atoms with Crippen molar-refractivity contribution in [2.24, 2.45) is 0 Å². The van der Waals surface area contributed by atoms with Gasteiger partial charge in [-0.05, 0) is 24.6 Å². The van der Waals surface area contributed by atoms with Crippen molar-refractivity contribution in [3.63, 3.8) is 0 Å². The van der Waals surface area contributed by atoms with E-state index in [9.17, 15) is 4.79 Å². The van der Waals surface area contributed by atoms with Crippen LogP contribution in [0.3, 0.4) is 0 Å². The highest BCUT2D eigenvalue weighted by molar-refractivity contribution is 6.67. The lowest BCUT2D eigenvalue weighted by atomic mass is 10.1. The summed E-state index contributed by atoms with van der Waals surface area (Å²) in [6.07, 6.45) is 0.892. The second-order valence-electron chi connectivity index (χ2n) is 3.80. The standard InChI is InChI=1S/C10H11Cl3N2O2/c11-10(12,13)5-17-9(16)7-3-6-1-2-14-4-8(6)15-7/h3,14-15H,1-2,4-5H2. The van der Waals surface area contributed by atoms with Crippen LogP contribution in [0.4, 0.5) is 0 Å². The number of carbonyl (C=O) groups excluding carboxylic acids is 1. The van der Waals surface area contributed by atoms with Crippen LogP contribution < -0.4 is 5.32 Å². The molecule has 0 bridgehead atoms. The van der Waals surface area contributed by atoms with Gasteiger partial charge in [0.15, 0.2) is 0 Å². The lowest BCUT2D eigenvalue weighted by Crippen LogP contribution is -2.22. The average molecular weight is 298 g/mol. The highest BCUT2D eigenvalue weighted by atomic mass is 35.6. The van der Waals surface area contributed by atoms with Crippen molar-refractivity contribution < 1.29 is 9.53 Å². The zero-order valence-corrected chi connectivity index (χ0v) is 11.1. The number of carbonyl (C=O) groups is 1. The molecule has 17 heavy (non-hydrogen) atoms. The Hall–Kier alpha value is -0.420. The van der Waals surface area contributed by atoms with Gasteiger partial charge in [0, 0.05) is 12.2 Å². The lowest BCUT2D eigenvalue weighted by molar-refractivity contribution is 0.0506. The van der Waals surface area contributed by atoms with Crippen molar-refractivity contribution in [3.8, 4) is 0 Å². The van der Waals surface area contributed by atoms with Gasteiger partial charge in [-0.3, -0.25) is 0 Å². The molecule has 0 radical (unpaired) electrons. The molecule has 1 aliphatic rings. The summed E-state index contributed by atoms with van der Waals surface area (Å²) in [5, 5.41) is 3.20. The summed E-state index contributed by atoms with van der Waals surface area (Å²) in [5.41, 5.74) is 2.54. The van der Waals surface area contributed by atoms with Crippen LogP contribution in [0, 0.1) is 0 Å². The Kier molecular flexibility index (Phi) is 3.88. The molecule has 4 nitrogen and oxygen atoms in total. The van der Waals surface area contributed by atoms with E-state index in [1.165, 1.54) is 0 Å². The van der Waals surface area contributed by atoms with Crippen LogP contribution in [0.1, 0.15) is 21.7 Å². The Labute approximate surface area is 114 Å². The predicted molar refractivity (Wildman–Crippen MR) is 66.8 cm³/mol. The maximum atomic E-state index is 11.7. The fraction of sp³-hybridized carbons (Fsp3) is 0.500. The number of aromatic nitrogens is 1. The Balaban J connectivity index is 2.02. The molecule has 0 amide bonds. The zero-order chi connectivity index (χ0) is 12.5. The minimum Gasteiger partial charge on any atom is -0.456 e. The van der Waals surface area contributed by atoms with Gasteiger partial charge in [0.25, 0.3) is 0 Å². The van der Waals surface area contributed by atoms with Gasteiger partial charge in [-0.25, -0.2) is 4.79 Å². The van der Waals surface area contributed by atoms with E-state index in [0.29, 0.717) is 5.69 Å². The molecule has 7 heteroatoms. The summed E-state index contributed by atoms with van der Waals surface area (Å²) in [6, 6.07) is 1.79. The average Bonchev–Trinajstić information content (AvgIpc) is 2.68. The number of aromatic amines is 1. The normalized spacial score (nSPS) is 15.5. The van der Waals surface area contributed by atoms with Crippen molar-refractivity contribution in [3.05, 3.63) is 23.0 Å². The van der Waals surface area contributed by atoms with Crippen LogP contribution in [0.15, 0.2) is 6.07 Å². The van der Waals surface area contributed by atoms with Crippen LogP contribution >= 0.6 is 34.8 Å².